The van der Waals surface area contributed by atoms with E-state index in [1.807, 2.05) is 0 Å². The van der Waals surface area contributed by atoms with E-state index in [9.17, 15) is 10.2 Å². The molecular formula is C28H38O3. The normalized spacial score (nSPS) is 23.4. The van der Waals surface area contributed by atoms with Gasteiger partial charge in [-0.05, 0) is 83.4 Å². The molecule has 1 heterocycles. The first-order chi connectivity index (χ1) is 15.0. The zero-order valence-electron chi connectivity index (χ0n) is 19.4. The second-order valence-electron chi connectivity index (χ2n) is 9.91. The molecule has 3 atom stereocenters. The summed E-state index contributed by atoms with van der Waals surface area (Å²) in [6.07, 6.45) is 6.89. The van der Waals surface area contributed by atoms with E-state index in [0.29, 0.717) is 18.8 Å². The van der Waals surface area contributed by atoms with E-state index in [1.54, 1.807) is 5.56 Å². The van der Waals surface area contributed by atoms with Gasteiger partial charge in [0.2, 0.25) is 0 Å². The number of rotatable bonds is 7. The number of hydrogen-bond donors (Lipinski definition) is 2. The fourth-order valence-electron chi connectivity index (χ4n) is 5.48. The van der Waals surface area contributed by atoms with Gasteiger partial charge < -0.3 is 14.9 Å². The molecule has 0 radical (unpaired) electrons. The van der Waals surface area contributed by atoms with Crippen molar-refractivity contribution in [1.29, 1.82) is 0 Å². The summed E-state index contributed by atoms with van der Waals surface area (Å²) in [5.74, 6) is 0.568. The van der Waals surface area contributed by atoms with E-state index >= 15 is 0 Å². The SMILES string of the molecule is CCc1ccc(Cc2cc([C@H]3C[C@@H](O)C[C@@H](CO)O3)c(CC(C)C)c3c2CCC3)cc1. The van der Waals surface area contributed by atoms with E-state index in [1.165, 1.54) is 39.8 Å². The molecule has 2 aromatic rings. The first kappa shape index (κ1) is 22.5. The van der Waals surface area contributed by atoms with Crippen LogP contribution in [0.4, 0.5) is 0 Å². The van der Waals surface area contributed by atoms with Crippen LogP contribution >= 0.6 is 0 Å². The van der Waals surface area contributed by atoms with E-state index in [2.05, 4.69) is 51.1 Å². The number of aliphatic hydroxyl groups excluding tert-OH is 2. The van der Waals surface area contributed by atoms with Crippen molar-refractivity contribution in [2.45, 2.75) is 90.4 Å². The molecule has 1 saturated heterocycles. The quantitative estimate of drug-likeness (QED) is 0.653. The molecule has 2 aliphatic rings. The fraction of sp³-hybridized carbons (Fsp3) is 0.571. The van der Waals surface area contributed by atoms with Crippen molar-refractivity contribution in [1.82, 2.24) is 0 Å². The Bertz CT molecular complexity index is 884. The van der Waals surface area contributed by atoms with Gasteiger partial charge in [-0.1, -0.05) is 51.1 Å². The van der Waals surface area contributed by atoms with Crippen LogP contribution in [0.1, 0.15) is 85.1 Å². The summed E-state index contributed by atoms with van der Waals surface area (Å²) in [6, 6.07) is 11.4. The van der Waals surface area contributed by atoms with Gasteiger partial charge in [0.25, 0.3) is 0 Å². The minimum atomic E-state index is -0.416. The van der Waals surface area contributed by atoms with Crippen LogP contribution in [0.25, 0.3) is 0 Å². The third-order valence-electron chi connectivity index (χ3n) is 7.01. The Hall–Kier alpha value is -1.68. The molecule has 2 N–H and O–H groups in total. The maximum absolute atomic E-state index is 10.5. The monoisotopic (exact) mass is 422 g/mol. The number of benzene rings is 2. The predicted molar refractivity (Wildman–Crippen MR) is 126 cm³/mol. The molecule has 0 unspecified atom stereocenters. The number of aryl methyl sites for hydroxylation is 1. The summed E-state index contributed by atoms with van der Waals surface area (Å²) >= 11 is 0. The summed E-state index contributed by atoms with van der Waals surface area (Å²) in [6.45, 7) is 6.72. The lowest BCUT2D eigenvalue weighted by molar-refractivity contribution is -0.114. The van der Waals surface area contributed by atoms with E-state index < -0.39 is 6.10 Å². The maximum atomic E-state index is 10.5. The van der Waals surface area contributed by atoms with Gasteiger partial charge in [0.1, 0.15) is 0 Å². The van der Waals surface area contributed by atoms with Gasteiger partial charge >= 0.3 is 0 Å². The van der Waals surface area contributed by atoms with Crippen LogP contribution in [-0.4, -0.2) is 29.0 Å². The van der Waals surface area contributed by atoms with Crippen molar-refractivity contribution < 1.29 is 14.9 Å². The summed E-state index contributed by atoms with van der Waals surface area (Å²) in [4.78, 5) is 0. The molecule has 0 saturated carbocycles. The highest BCUT2D eigenvalue weighted by Crippen LogP contribution is 2.40. The Morgan fingerprint density at radius 3 is 2.42 bits per heavy atom. The Morgan fingerprint density at radius 2 is 1.74 bits per heavy atom. The van der Waals surface area contributed by atoms with Crippen LogP contribution in [0, 0.1) is 5.92 Å². The first-order valence-electron chi connectivity index (χ1n) is 12.2. The largest absolute Gasteiger partial charge is 0.394 e. The molecule has 4 rings (SSSR count). The standard InChI is InChI=1S/C28H38O3/c1-4-19-8-10-20(11-9-19)13-21-14-27(28-16-22(30)15-23(17-29)31-28)26(12-18(2)3)25-7-5-6-24(21)25/h8-11,14,18,22-23,28-30H,4-7,12-13,15-17H2,1-3H3/t22-,23-,28+/m0/s1. The lowest BCUT2D eigenvalue weighted by Crippen LogP contribution is -2.34. The zero-order valence-corrected chi connectivity index (χ0v) is 19.4. The predicted octanol–water partition coefficient (Wildman–Crippen LogP) is 5.10. The highest BCUT2D eigenvalue weighted by Gasteiger charge is 2.33. The second-order valence-corrected chi connectivity index (χ2v) is 9.91. The van der Waals surface area contributed by atoms with Gasteiger partial charge in [-0.15, -0.1) is 0 Å². The topological polar surface area (TPSA) is 49.7 Å². The van der Waals surface area contributed by atoms with Crippen LogP contribution in [0.5, 0.6) is 0 Å². The minimum absolute atomic E-state index is 0.0331. The fourth-order valence-corrected chi connectivity index (χ4v) is 5.48. The Morgan fingerprint density at radius 1 is 1.03 bits per heavy atom. The van der Waals surface area contributed by atoms with Crippen LogP contribution in [0.2, 0.25) is 0 Å². The molecule has 3 nitrogen and oxygen atoms in total. The minimum Gasteiger partial charge on any atom is -0.394 e. The lowest BCUT2D eigenvalue weighted by atomic mass is 9.83. The molecule has 1 fully saturated rings. The molecule has 31 heavy (non-hydrogen) atoms. The van der Waals surface area contributed by atoms with Crippen LogP contribution < -0.4 is 0 Å². The lowest BCUT2D eigenvalue weighted by Gasteiger charge is -2.35. The Balaban J connectivity index is 1.75. The van der Waals surface area contributed by atoms with Gasteiger partial charge in [-0.3, -0.25) is 0 Å². The molecule has 1 aliphatic carbocycles. The summed E-state index contributed by atoms with van der Waals surface area (Å²) in [5.41, 5.74) is 9.94. The molecule has 168 valence electrons. The van der Waals surface area contributed by atoms with Crippen molar-refractivity contribution in [3.8, 4) is 0 Å². The third kappa shape index (κ3) is 5.05. The molecule has 0 spiro atoms. The van der Waals surface area contributed by atoms with Gasteiger partial charge in [-0.25, -0.2) is 0 Å². The van der Waals surface area contributed by atoms with Crippen molar-refractivity contribution in [3.05, 3.63) is 69.3 Å². The maximum Gasteiger partial charge on any atom is 0.0857 e. The average molecular weight is 423 g/mol. The van der Waals surface area contributed by atoms with Gasteiger partial charge in [0.15, 0.2) is 0 Å². The number of fused-ring (bicyclic) bond motifs is 1. The third-order valence-corrected chi connectivity index (χ3v) is 7.01. The van der Waals surface area contributed by atoms with Crippen molar-refractivity contribution >= 4 is 0 Å². The van der Waals surface area contributed by atoms with Gasteiger partial charge in [0.05, 0.1) is 24.9 Å². The zero-order chi connectivity index (χ0) is 22.0. The number of hydrogen-bond acceptors (Lipinski definition) is 3. The smallest absolute Gasteiger partial charge is 0.0857 e. The van der Waals surface area contributed by atoms with Crippen LogP contribution in [-0.2, 0) is 36.8 Å². The molecule has 1 aliphatic heterocycles. The van der Waals surface area contributed by atoms with Gasteiger partial charge in [0, 0.05) is 12.8 Å². The molecule has 0 aromatic heterocycles. The van der Waals surface area contributed by atoms with E-state index in [4.69, 9.17) is 4.74 Å². The highest BCUT2D eigenvalue weighted by molar-refractivity contribution is 5.51. The molecule has 2 aromatic carbocycles. The van der Waals surface area contributed by atoms with E-state index in [0.717, 1.165) is 32.1 Å². The van der Waals surface area contributed by atoms with Crippen LogP contribution in [0.3, 0.4) is 0 Å². The molecule has 3 heteroatoms. The summed E-state index contributed by atoms with van der Waals surface area (Å²) in [7, 11) is 0. The van der Waals surface area contributed by atoms with Gasteiger partial charge in [-0.2, -0.15) is 0 Å². The highest BCUT2D eigenvalue weighted by atomic mass is 16.5. The number of ether oxygens (including phenoxy) is 1. The first-order valence-corrected chi connectivity index (χ1v) is 12.2. The van der Waals surface area contributed by atoms with Crippen molar-refractivity contribution in [2.75, 3.05) is 6.61 Å². The van der Waals surface area contributed by atoms with E-state index in [-0.39, 0.29) is 18.8 Å². The number of aliphatic hydroxyl groups is 2. The molecular weight excluding hydrogens is 384 g/mol. The van der Waals surface area contributed by atoms with Crippen molar-refractivity contribution in [2.24, 2.45) is 5.92 Å². The average Bonchev–Trinajstić information content (AvgIpc) is 3.25. The summed E-state index contributed by atoms with van der Waals surface area (Å²) in [5, 5.41) is 20.2. The van der Waals surface area contributed by atoms with Crippen molar-refractivity contribution in [3.63, 3.8) is 0 Å². The second kappa shape index (κ2) is 9.85. The molecule has 0 bridgehead atoms. The Kier molecular flexibility index (Phi) is 7.15. The molecule has 0 amide bonds. The van der Waals surface area contributed by atoms with Crippen LogP contribution in [0.15, 0.2) is 30.3 Å². The summed E-state index contributed by atoms with van der Waals surface area (Å²) < 4.78 is 6.30. The Labute approximate surface area is 187 Å².